The lowest BCUT2D eigenvalue weighted by atomic mass is 10.2. The molecule has 0 spiro atoms. The molecule has 0 aliphatic rings. The third kappa shape index (κ3) is 3.89. The molecule has 0 heterocycles. The van der Waals surface area contributed by atoms with E-state index in [-0.39, 0.29) is 6.61 Å². The van der Waals surface area contributed by atoms with Gasteiger partial charge in [0.15, 0.2) is 0 Å². The fraction of sp³-hybridized carbons (Fsp3) is 0.364. The van der Waals surface area contributed by atoms with Crippen LogP contribution in [-0.2, 0) is 9.53 Å². The van der Waals surface area contributed by atoms with Gasteiger partial charge in [0, 0.05) is 7.11 Å². The number of amides is 1. The monoisotopic (exact) mass is 258 g/mol. The molecule has 17 heavy (non-hydrogen) atoms. The summed E-state index contributed by atoms with van der Waals surface area (Å²) in [6, 6.07) is 5.30. The van der Waals surface area contributed by atoms with Gasteiger partial charge in [-0.25, -0.2) is 5.84 Å². The Bertz CT molecular complexity index is 398. The molecule has 0 aliphatic carbocycles. The molecule has 0 fully saturated rings. The summed E-state index contributed by atoms with van der Waals surface area (Å²) < 4.78 is 10.4. The zero-order chi connectivity index (χ0) is 12.8. The second-order valence-electron chi connectivity index (χ2n) is 3.50. The number of rotatable bonds is 5. The van der Waals surface area contributed by atoms with Crippen LogP contribution in [0.15, 0.2) is 18.2 Å². The van der Waals surface area contributed by atoms with Gasteiger partial charge in [-0.15, -0.1) is 0 Å². The van der Waals surface area contributed by atoms with Crippen molar-refractivity contribution in [2.24, 2.45) is 5.84 Å². The van der Waals surface area contributed by atoms with Crippen LogP contribution in [-0.4, -0.2) is 25.7 Å². The number of hydrogen-bond acceptors (Lipinski definition) is 4. The first-order chi connectivity index (χ1) is 8.08. The van der Waals surface area contributed by atoms with Crippen molar-refractivity contribution in [1.82, 2.24) is 5.43 Å². The lowest BCUT2D eigenvalue weighted by molar-refractivity contribution is -0.130. The molecule has 1 atom stereocenters. The molecule has 6 heteroatoms. The zero-order valence-corrected chi connectivity index (χ0v) is 10.5. The molecule has 0 aliphatic heterocycles. The number of methoxy groups -OCH3 is 1. The predicted octanol–water partition coefficient (Wildman–Crippen LogP) is 1.03. The van der Waals surface area contributed by atoms with Gasteiger partial charge in [-0.05, 0) is 24.6 Å². The molecule has 1 rings (SSSR count). The van der Waals surface area contributed by atoms with Gasteiger partial charge in [0.25, 0.3) is 5.91 Å². The van der Waals surface area contributed by atoms with Crippen LogP contribution in [0.5, 0.6) is 5.75 Å². The van der Waals surface area contributed by atoms with E-state index in [9.17, 15) is 4.79 Å². The summed E-state index contributed by atoms with van der Waals surface area (Å²) in [5.41, 5.74) is 3.00. The number of benzene rings is 1. The Kier molecular flexibility index (Phi) is 5.21. The third-order valence-electron chi connectivity index (χ3n) is 2.11. The highest BCUT2D eigenvalue weighted by atomic mass is 35.5. The fourth-order valence-corrected chi connectivity index (χ4v) is 1.42. The van der Waals surface area contributed by atoms with Crippen molar-refractivity contribution < 1.29 is 14.3 Å². The SMILES string of the molecule is COCC(Oc1cc(C)ccc1Cl)C(=O)NN. The molecule has 0 aromatic heterocycles. The van der Waals surface area contributed by atoms with E-state index in [0.29, 0.717) is 10.8 Å². The van der Waals surface area contributed by atoms with Crippen LogP contribution in [0.2, 0.25) is 5.02 Å². The van der Waals surface area contributed by atoms with Crippen molar-refractivity contribution in [3.63, 3.8) is 0 Å². The highest BCUT2D eigenvalue weighted by Gasteiger charge is 2.20. The molecule has 1 aromatic rings. The standard InChI is InChI=1S/C11H15ClN2O3/c1-7-3-4-8(12)9(5-7)17-10(6-16-2)11(15)14-13/h3-5,10H,6,13H2,1-2H3,(H,14,15). The van der Waals surface area contributed by atoms with Crippen molar-refractivity contribution in [2.75, 3.05) is 13.7 Å². The maximum Gasteiger partial charge on any atom is 0.277 e. The summed E-state index contributed by atoms with van der Waals surface area (Å²) in [7, 11) is 1.47. The Morgan fingerprint density at radius 1 is 1.59 bits per heavy atom. The number of nitrogens with one attached hydrogen (secondary N) is 1. The zero-order valence-electron chi connectivity index (χ0n) is 9.70. The van der Waals surface area contributed by atoms with Crippen LogP contribution in [0.25, 0.3) is 0 Å². The first kappa shape index (κ1) is 13.8. The normalized spacial score (nSPS) is 12.0. The van der Waals surface area contributed by atoms with E-state index in [0.717, 1.165) is 5.56 Å². The minimum absolute atomic E-state index is 0.0906. The smallest absolute Gasteiger partial charge is 0.277 e. The summed E-state index contributed by atoms with van der Waals surface area (Å²) in [5.74, 6) is 5.02. The molecule has 3 N–H and O–H groups in total. The molecule has 1 unspecified atom stereocenters. The van der Waals surface area contributed by atoms with E-state index >= 15 is 0 Å². The molecular weight excluding hydrogens is 244 g/mol. The largest absolute Gasteiger partial charge is 0.477 e. The van der Waals surface area contributed by atoms with E-state index in [1.54, 1.807) is 12.1 Å². The van der Waals surface area contributed by atoms with Gasteiger partial charge in [-0.1, -0.05) is 17.7 Å². The van der Waals surface area contributed by atoms with Crippen molar-refractivity contribution >= 4 is 17.5 Å². The summed E-state index contributed by atoms with van der Waals surface area (Å²) in [5, 5.41) is 0.432. The van der Waals surface area contributed by atoms with E-state index in [1.165, 1.54) is 7.11 Å². The van der Waals surface area contributed by atoms with E-state index in [1.807, 2.05) is 18.4 Å². The van der Waals surface area contributed by atoms with Crippen molar-refractivity contribution in [2.45, 2.75) is 13.0 Å². The molecule has 0 saturated heterocycles. The van der Waals surface area contributed by atoms with Gasteiger partial charge in [0.1, 0.15) is 5.75 Å². The summed E-state index contributed by atoms with van der Waals surface area (Å²) in [6.45, 7) is 1.99. The first-order valence-corrected chi connectivity index (χ1v) is 5.38. The second-order valence-corrected chi connectivity index (χ2v) is 3.91. The van der Waals surface area contributed by atoms with Gasteiger partial charge in [-0.2, -0.15) is 0 Å². The average Bonchev–Trinajstić information content (AvgIpc) is 2.32. The highest BCUT2D eigenvalue weighted by molar-refractivity contribution is 6.32. The summed E-state index contributed by atoms with van der Waals surface area (Å²) in [6.07, 6.45) is -0.829. The van der Waals surface area contributed by atoms with Crippen LogP contribution in [0.3, 0.4) is 0 Å². The number of carbonyl (C=O) groups is 1. The van der Waals surface area contributed by atoms with Crippen LogP contribution in [0.4, 0.5) is 0 Å². The number of hydrogen-bond donors (Lipinski definition) is 2. The lowest BCUT2D eigenvalue weighted by Gasteiger charge is -2.17. The van der Waals surface area contributed by atoms with Gasteiger partial charge in [0.2, 0.25) is 6.10 Å². The Morgan fingerprint density at radius 3 is 2.88 bits per heavy atom. The van der Waals surface area contributed by atoms with Crippen LogP contribution < -0.4 is 16.0 Å². The Hall–Kier alpha value is -1.30. The molecular formula is C11H15ClN2O3. The maximum absolute atomic E-state index is 11.4. The molecule has 0 bridgehead atoms. The van der Waals surface area contributed by atoms with Crippen molar-refractivity contribution in [3.05, 3.63) is 28.8 Å². The molecule has 0 saturated carbocycles. The van der Waals surface area contributed by atoms with Gasteiger partial charge < -0.3 is 9.47 Å². The fourth-order valence-electron chi connectivity index (χ4n) is 1.26. The van der Waals surface area contributed by atoms with E-state index in [4.69, 9.17) is 26.9 Å². The predicted molar refractivity (Wildman–Crippen MR) is 64.8 cm³/mol. The second kappa shape index (κ2) is 6.44. The number of nitrogens with two attached hydrogens (primary N) is 1. The first-order valence-electron chi connectivity index (χ1n) is 5.00. The van der Waals surface area contributed by atoms with Gasteiger partial charge in [0.05, 0.1) is 11.6 Å². The number of hydrazine groups is 1. The molecule has 5 nitrogen and oxygen atoms in total. The Balaban J connectivity index is 2.85. The van der Waals surface area contributed by atoms with Gasteiger partial charge in [-0.3, -0.25) is 10.2 Å². The topological polar surface area (TPSA) is 73.6 Å². The lowest BCUT2D eigenvalue weighted by Crippen LogP contribution is -2.44. The molecule has 0 radical (unpaired) electrons. The quantitative estimate of drug-likeness (QED) is 0.470. The minimum Gasteiger partial charge on any atom is -0.477 e. The molecule has 94 valence electrons. The average molecular weight is 259 g/mol. The number of carbonyl (C=O) groups excluding carboxylic acids is 1. The highest BCUT2D eigenvalue weighted by Crippen LogP contribution is 2.26. The van der Waals surface area contributed by atoms with E-state index in [2.05, 4.69) is 0 Å². The van der Waals surface area contributed by atoms with Crippen molar-refractivity contribution in [1.29, 1.82) is 0 Å². The molecule has 1 aromatic carbocycles. The number of aryl methyl sites for hydroxylation is 1. The van der Waals surface area contributed by atoms with Crippen LogP contribution >= 0.6 is 11.6 Å². The Labute approximate surface area is 105 Å². The van der Waals surface area contributed by atoms with Crippen molar-refractivity contribution in [3.8, 4) is 5.75 Å². The number of ether oxygens (including phenoxy) is 2. The Morgan fingerprint density at radius 2 is 2.29 bits per heavy atom. The van der Waals surface area contributed by atoms with Crippen LogP contribution in [0.1, 0.15) is 5.56 Å². The third-order valence-corrected chi connectivity index (χ3v) is 2.42. The van der Waals surface area contributed by atoms with E-state index < -0.39 is 12.0 Å². The number of halogens is 1. The maximum atomic E-state index is 11.4. The molecule has 1 amide bonds. The summed E-state index contributed by atoms with van der Waals surface area (Å²) >= 11 is 5.96. The summed E-state index contributed by atoms with van der Waals surface area (Å²) in [4.78, 5) is 11.4. The van der Waals surface area contributed by atoms with Gasteiger partial charge >= 0.3 is 0 Å². The van der Waals surface area contributed by atoms with Crippen LogP contribution in [0, 0.1) is 6.92 Å². The minimum atomic E-state index is -0.829.